The van der Waals surface area contributed by atoms with Crippen LogP contribution in [0.25, 0.3) is 21.5 Å². The van der Waals surface area contributed by atoms with Crippen LogP contribution >= 0.6 is 0 Å². The Balaban J connectivity index is 1.46. The van der Waals surface area contributed by atoms with E-state index < -0.39 is 0 Å². The molecule has 30 heavy (non-hydrogen) atoms. The van der Waals surface area contributed by atoms with Gasteiger partial charge in [0, 0.05) is 26.2 Å². The molecule has 0 radical (unpaired) electrons. The second kappa shape index (κ2) is 7.49. The summed E-state index contributed by atoms with van der Waals surface area (Å²) in [6, 6.07) is 25.9. The van der Waals surface area contributed by atoms with Crippen LogP contribution in [0.15, 0.2) is 72.8 Å². The minimum atomic E-state index is 0.0707. The Morgan fingerprint density at radius 3 is 2.10 bits per heavy atom. The van der Waals surface area contributed by atoms with Crippen molar-refractivity contribution < 1.29 is 4.79 Å². The van der Waals surface area contributed by atoms with Gasteiger partial charge in [-0.05, 0) is 39.7 Å². The lowest BCUT2D eigenvalue weighted by Crippen LogP contribution is -2.49. The lowest BCUT2D eigenvalue weighted by Gasteiger charge is -2.35. The van der Waals surface area contributed by atoms with Gasteiger partial charge < -0.3 is 9.80 Å². The summed E-state index contributed by atoms with van der Waals surface area (Å²) in [7, 11) is 0. The molecule has 1 amide bonds. The van der Waals surface area contributed by atoms with E-state index in [1.807, 2.05) is 53.4 Å². The van der Waals surface area contributed by atoms with Gasteiger partial charge >= 0.3 is 0 Å². The number of anilines is 1. The zero-order chi connectivity index (χ0) is 20.5. The highest BCUT2D eigenvalue weighted by Gasteiger charge is 2.25. The molecule has 3 aromatic carbocycles. The van der Waals surface area contributed by atoms with E-state index in [1.165, 1.54) is 0 Å². The smallest absolute Gasteiger partial charge is 0.255 e. The molecule has 0 unspecified atom stereocenters. The molecule has 2 heterocycles. The highest BCUT2D eigenvalue weighted by molar-refractivity contribution is 6.18. The van der Waals surface area contributed by atoms with E-state index in [0.717, 1.165) is 32.9 Å². The lowest BCUT2D eigenvalue weighted by atomic mass is 9.95. The zero-order valence-electron chi connectivity index (χ0n) is 16.5. The Kier molecular flexibility index (Phi) is 4.53. The molecule has 5 rings (SSSR count). The van der Waals surface area contributed by atoms with E-state index in [0.29, 0.717) is 31.9 Å². The molecule has 0 bridgehead atoms. The van der Waals surface area contributed by atoms with Crippen LogP contribution in [0.3, 0.4) is 0 Å². The van der Waals surface area contributed by atoms with Gasteiger partial charge in [-0.1, -0.05) is 54.6 Å². The second-order valence-electron chi connectivity index (χ2n) is 7.47. The molecule has 0 spiro atoms. The van der Waals surface area contributed by atoms with Crippen LogP contribution < -0.4 is 4.90 Å². The van der Waals surface area contributed by atoms with Crippen LogP contribution in [0.2, 0.25) is 0 Å². The van der Waals surface area contributed by atoms with Gasteiger partial charge in [0.1, 0.15) is 17.6 Å². The van der Waals surface area contributed by atoms with E-state index in [9.17, 15) is 4.79 Å². The van der Waals surface area contributed by atoms with Crippen LogP contribution in [-0.2, 0) is 0 Å². The van der Waals surface area contributed by atoms with E-state index in [4.69, 9.17) is 5.26 Å². The molecule has 0 atom stereocenters. The van der Waals surface area contributed by atoms with Crippen LogP contribution in [0, 0.1) is 11.3 Å². The van der Waals surface area contributed by atoms with Crippen molar-refractivity contribution in [3.8, 4) is 6.07 Å². The number of amides is 1. The first-order valence-electron chi connectivity index (χ1n) is 10.1. The molecule has 1 aliphatic rings. The molecule has 5 nitrogen and oxygen atoms in total. The molecule has 1 saturated heterocycles. The molecule has 4 aromatic rings. The fourth-order valence-electron chi connectivity index (χ4n) is 4.20. The van der Waals surface area contributed by atoms with Crippen molar-refractivity contribution in [3.05, 3.63) is 84.1 Å². The predicted molar refractivity (Wildman–Crippen MR) is 119 cm³/mol. The van der Waals surface area contributed by atoms with Crippen molar-refractivity contribution in [1.29, 1.82) is 5.26 Å². The van der Waals surface area contributed by atoms with Gasteiger partial charge in [0.05, 0.1) is 5.56 Å². The normalized spacial score (nSPS) is 14.1. The van der Waals surface area contributed by atoms with Crippen molar-refractivity contribution in [2.24, 2.45) is 0 Å². The Hall–Kier alpha value is -3.91. The maximum atomic E-state index is 13.6. The molecule has 0 N–H and O–H groups in total. The van der Waals surface area contributed by atoms with Crippen LogP contribution in [0.4, 0.5) is 5.82 Å². The largest absolute Gasteiger partial charge is 0.353 e. The van der Waals surface area contributed by atoms with Gasteiger partial charge in [-0.2, -0.15) is 5.26 Å². The maximum absolute atomic E-state index is 13.6. The predicted octanol–water partition coefficient (Wildman–Crippen LogP) is 4.22. The third-order valence-electron chi connectivity index (χ3n) is 5.72. The van der Waals surface area contributed by atoms with Crippen molar-refractivity contribution >= 4 is 33.3 Å². The summed E-state index contributed by atoms with van der Waals surface area (Å²) in [4.78, 5) is 22.1. The summed E-state index contributed by atoms with van der Waals surface area (Å²) in [5, 5.41) is 13.2. The van der Waals surface area contributed by atoms with Crippen molar-refractivity contribution in [2.75, 3.05) is 31.1 Å². The summed E-state index contributed by atoms with van der Waals surface area (Å²) in [6.07, 6.45) is 0. The molecule has 1 fully saturated rings. The number of carbonyl (C=O) groups excluding carboxylic acids is 1. The first-order valence-corrected chi connectivity index (χ1v) is 10.1. The van der Waals surface area contributed by atoms with Gasteiger partial charge in [-0.25, -0.2) is 4.98 Å². The third kappa shape index (κ3) is 3.13. The fourth-order valence-corrected chi connectivity index (χ4v) is 4.20. The summed E-state index contributed by atoms with van der Waals surface area (Å²) in [5.74, 6) is 0.859. The highest BCUT2D eigenvalue weighted by atomic mass is 16.2. The second-order valence-corrected chi connectivity index (χ2v) is 7.47. The number of hydrogen-bond acceptors (Lipinski definition) is 4. The highest BCUT2D eigenvalue weighted by Crippen LogP contribution is 2.30. The van der Waals surface area contributed by atoms with Crippen LogP contribution in [0.1, 0.15) is 16.1 Å². The molecule has 0 aliphatic carbocycles. The molecular formula is C25H20N4O. The number of piperazine rings is 1. The van der Waals surface area contributed by atoms with E-state index in [2.05, 4.69) is 34.2 Å². The van der Waals surface area contributed by atoms with Crippen LogP contribution in [0.5, 0.6) is 0 Å². The molecule has 146 valence electrons. The summed E-state index contributed by atoms with van der Waals surface area (Å²) < 4.78 is 0. The van der Waals surface area contributed by atoms with E-state index in [-0.39, 0.29) is 5.91 Å². The van der Waals surface area contributed by atoms with Gasteiger partial charge in [-0.15, -0.1) is 0 Å². The number of nitriles is 1. The summed E-state index contributed by atoms with van der Waals surface area (Å²) in [5.41, 5.74) is 1.19. The first kappa shape index (κ1) is 18.1. The Bertz CT molecular complexity index is 1250. The fraction of sp³-hybridized carbons (Fsp3) is 0.160. The van der Waals surface area contributed by atoms with Crippen LogP contribution in [-0.4, -0.2) is 42.0 Å². The molecule has 1 aromatic heterocycles. The standard InChI is InChI=1S/C25H20N4O/c26-17-20-8-5-11-23(27-20)28-12-14-29(15-13-28)25(30)24-21-9-3-1-6-18(21)16-19-7-2-4-10-22(19)24/h1-11,16H,12-15H2. The Labute approximate surface area is 174 Å². The Morgan fingerprint density at radius 2 is 1.47 bits per heavy atom. The van der Waals surface area contributed by atoms with Crippen molar-refractivity contribution in [2.45, 2.75) is 0 Å². The van der Waals surface area contributed by atoms with Gasteiger partial charge in [0.15, 0.2) is 0 Å². The number of pyridine rings is 1. The van der Waals surface area contributed by atoms with Crippen molar-refractivity contribution in [3.63, 3.8) is 0 Å². The maximum Gasteiger partial charge on any atom is 0.255 e. The van der Waals surface area contributed by atoms with E-state index >= 15 is 0 Å². The first-order chi connectivity index (χ1) is 14.7. The number of nitrogens with zero attached hydrogens (tertiary/aromatic N) is 4. The average molecular weight is 392 g/mol. The number of fused-ring (bicyclic) bond motifs is 2. The molecule has 0 saturated carbocycles. The van der Waals surface area contributed by atoms with Gasteiger partial charge in [0.25, 0.3) is 5.91 Å². The number of carbonyl (C=O) groups is 1. The zero-order valence-corrected chi connectivity index (χ0v) is 16.5. The SMILES string of the molecule is N#Cc1cccc(N2CCN(C(=O)c3c4ccccc4cc4ccccc34)CC2)n1. The third-order valence-corrected chi connectivity index (χ3v) is 5.72. The molecule has 1 aliphatic heterocycles. The summed E-state index contributed by atoms with van der Waals surface area (Å²) in [6.45, 7) is 2.62. The molecular weight excluding hydrogens is 372 g/mol. The number of rotatable bonds is 2. The van der Waals surface area contributed by atoms with Crippen molar-refractivity contribution in [1.82, 2.24) is 9.88 Å². The summed E-state index contributed by atoms with van der Waals surface area (Å²) >= 11 is 0. The minimum absolute atomic E-state index is 0.0707. The quantitative estimate of drug-likeness (QED) is 0.479. The molecule has 5 heteroatoms. The monoisotopic (exact) mass is 392 g/mol. The number of benzene rings is 3. The number of aromatic nitrogens is 1. The van der Waals surface area contributed by atoms with Gasteiger partial charge in [0.2, 0.25) is 0 Å². The van der Waals surface area contributed by atoms with Gasteiger partial charge in [-0.3, -0.25) is 4.79 Å². The van der Waals surface area contributed by atoms with E-state index in [1.54, 1.807) is 6.07 Å². The lowest BCUT2D eigenvalue weighted by molar-refractivity contribution is 0.0750. The Morgan fingerprint density at radius 1 is 0.833 bits per heavy atom. The average Bonchev–Trinajstić information content (AvgIpc) is 2.82. The topological polar surface area (TPSA) is 60.2 Å². The number of hydrogen-bond donors (Lipinski definition) is 0. The minimum Gasteiger partial charge on any atom is -0.353 e.